The van der Waals surface area contributed by atoms with Crippen LogP contribution in [0, 0.1) is 18.8 Å². The third-order valence-electron chi connectivity index (χ3n) is 3.72. The Hall–Kier alpha value is -3.19. The van der Waals surface area contributed by atoms with Gasteiger partial charge in [0.25, 0.3) is 0 Å². The Morgan fingerprint density at radius 3 is 2.67 bits per heavy atom. The molecule has 0 radical (unpaired) electrons. The lowest BCUT2D eigenvalue weighted by Gasteiger charge is -2.03. The number of H-pyrrole nitrogens is 1. The molecule has 0 aliphatic carbocycles. The molecule has 4 nitrogen and oxygen atoms in total. The standard InChI is InChI=1S/C20H17NO3/c1-14-8-3-4-9-15(14)10-7-13-24-19-18(20(22)23-2)16-11-5-6-12-17(16)21-19/h3-6,8-9,11-12,21H,13H2,1-2H3. The summed E-state index contributed by atoms with van der Waals surface area (Å²) in [6.07, 6.45) is 0. The highest BCUT2D eigenvalue weighted by Crippen LogP contribution is 2.28. The molecule has 3 aromatic rings. The normalized spacial score (nSPS) is 10.1. The molecule has 0 bridgehead atoms. The van der Waals surface area contributed by atoms with E-state index in [2.05, 4.69) is 16.8 Å². The van der Waals surface area contributed by atoms with Crippen molar-refractivity contribution in [2.75, 3.05) is 13.7 Å². The van der Waals surface area contributed by atoms with Gasteiger partial charge in [0.1, 0.15) is 5.56 Å². The smallest absolute Gasteiger partial charge is 0.344 e. The number of carbonyl (C=O) groups is 1. The lowest BCUT2D eigenvalue weighted by atomic mass is 10.1. The van der Waals surface area contributed by atoms with Crippen molar-refractivity contribution in [1.29, 1.82) is 0 Å². The first-order valence-electron chi connectivity index (χ1n) is 7.57. The van der Waals surface area contributed by atoms with Gasteiger partial charge in [-0.2, -0.15) is 0 Å². The molecule has 0 atom stereocenters. The Bertz CT molecular complexity index is 944. The summed E-state index contributed by atoms with van der Waals surface area (Å²) < 4.78 is 10.5. The maximum absolute atomic E-state index is 12.0. The zero-order valence-electron chi connectivity index (χ0n) is 13.6. The van der Waals surface area contributed by atoms with Gasteiger partial charge in [0.05, 0.1) is 7.11 Å². The van der Waals surface area contributed by atoms with Crippen LogP contribution in [0.4, 0.5) is 0 Å². The average Bonchev–Trinajstić information content (AvgIpc) is 2.97. The quantitative estimate of drug-likeness (QED) is 0.591. The van der Waals surface area contributed by atoms with E-state index < -0.39 is 5.97 Å². The predicted octanol–water partition coefficient (Wildman–Crippen LogP) is 3.69. The van der Waals surface area contributed by atoms with Gasteiger partial charge < -0.3 is 14.5 Å². The van der Waals surface area contributed by atoms with Gasteiger partial charge in [-0.25, -0.2) is 4.79 Å². The van der Waals surface area contributed by atoms with E-state index in [1.165, 1.54) is 7.11 Å². The molecule has 0 aliphatic heterocycles. The van der Waals surface area contributed by atoms with Crippen molar-refractivity contribution >= 4 is 16.9 Å². The highest BCUT2D eigenvalue weighted by Gasteiger charge is 2.19. The van der Waals surface area contributed by atoms with Crippen LogP contribution in [-0.4, -0.2) is 24.7 Å². The number of carbonyl (C=O) groups excluding carboxylic acids is 1. The van der Waals surface area contributed by atoms with Crippen LogP contribution in [0.1, 0.15) is 21.5 Å². The van der Waals surface area contributed by atoms with Gasteiger partial charge in [-0.15, -0.1) is 0 Å². The molecule has 4 heteroatoms. The van der Waals surface area contributed by atoms with Gasteiger partial charge in [0, 0.05) is 16.5 Å². The molecule has 1 N–H and O–H groups in total. The summed E-state index contributed by atoms with van der Waals surface area (Å²) in [7, 11) is 1.35. The number of aromatic amines is 1. The third kappa shape index (κ3) is 3.11. The van der Waals surface area contributed by atoms with E-state index in [-0.39, 0.29) is 6.61 Å². The first-order chi connectivity index (χ1) is 11.7. The van der Waals surface area contributed by atoms with Crippen LogP contribution >= 0.6 is 0 Å². The molecule has 3 rings (SSSR count). The highest BCUT2D eigenvalue weighted by molar-refractivity contribution is 6.06. The second kappa shape index (κ2) is 6.93. The second-order valence-corrected chi connectivity index (χ2v) is 5.27. The lowest BCUT2D eigenvalue weighted by Crippen LogP contribution is -2.04. The van der Waals surface area contributed by atoms with Crippen molar-refractivity contribution < 1.29 is 14.3 Å². The summed E-state index contributed by atoms with van der Waals surface area (Å²) in [5.41, 5.74) is 3.29. The van der Waals surface area contributed by atoms with E-state index in [1.54, 1.807) is 0 Å². The molecule has 0 fully saturated rings. The number of aryl methyl sites for hydroxylation is 1. The summed E-state index contributed by atoms with van der Waals surface area (Å²) in [5, 5.41) is 0.770. The topological polar surface area (TPSA) is 51.3 Å². The van der Waals surface area contributed by atoms with Crippen molar-refractivity contribution in [2.45, 2.75) is 6.92 Å². The maximum atomic E-state index is 12.0. The van der Waals surface area contributed by atoms with Crippen LogP contribution in [0.2, 0.25) is 0 Å². The molecule has 0 amide bonds. The summed E-state index contributed by atoms with van der Waals surface area (Å²) in [6.45, 7) is 2.18. The molecule has 1 aromatic heterocycles. The SMILES string of the molecule is COC(=O)c1c(OCC#Cc2ccccc2C)[nH]c2ccccc12. The Kier molecular flexibility index (Phi) is 4.53. The molecule has 0 spiro atoms. The number of aromatic nitrogens is 1. The van der Waals surface area contributed by atoms with Gasteiger partial charge in [0.2, 0.25) is 5.88 Å². The highest BCUT2D eigenvalue weighted by atomic mass is 16.5. The number of rotatable bonds is 3. The molecule has 0 saturated heterocycles. The van der Waals surface area contributed by atoms with Crippen molar-refractivity contribution in [3.63, 3.8) is 0 Å². The van der Waals surface area contributed by atoms with Crippen molar-refractivity contribution in [3.8, 4) is 17.7 Å². The summed E-state index contributed by atoms with van der Waals surface area (Å²) >= 11 is 0. The number of nitrogens with one attached hydrogen (secondary N) is 1. The molecule has 0 saturated carbocycles. The number of hydrogen-bond donors (Lipinski definition) is 1. The molecular formula is C20H17NO3. The van der Waals surface area contributed by atoms with Gasteiger partial charge in [0.15, 0.2) is 6.61 Å². The number of benzene rings is 2. The third-order valence-corrected chi connectivity index (χ3v) is 3.72. The van der Waals surface area contributed by atoms with E-state index in [0.29, 0.717) is 11.4 Å². The van der Waals surface area contributed by atoms with E-state index in [9.17, 15) is 4.79 Å². The molecule has 24 heavy (non-hydrogen) atoms. The molecular weight excluding hydrogens is 302 g/mol. The second-order valence-electron chi connectivity index (χ2n) is 5.27. The largest absolute Gasteiger partial charge is 0.465 e. The fourth-order valence-corrected chi connectivity index (χ4v) is 2.48. The number of para-hydroxylation sites is 1. The minimum atomic E-state index is -0.436. The van der Waals surface area contributed by atoms with Crippen molar-refractivity contribution in [2.24, 2.45) is 0 Å². The summed E-state index contributed by atoms with van der Waals surface area (Å²) in [6, 6.07) is 15.4. The summed E-state index contributed by atoms with van der Waals surface area (Å²) in [5.74, 6) is 5.99. The minimum absolute atomic E-state index is 0.172. The zero-order valence-corrected chi connectivity index (χ0v) is 13.6. The first kappa shape index (κ1) is 15.7. The number of hydrogen-bond acceptors (Lipinski definition) is 3. The number of ether oxygens (including phenoxy) is 2. The van der Waals surface area contributed by atoms with Gasteiger partial charge >= 0.3 is 5.97 Å². The number of methoxy groups -OCH3 is 1. The number of esters is 1. The lowest BCUT2D eigenvalue weighted by molar-refractivity contribution is 0.0599. The van der Waals surface area contributed by atoms with Crippen LogP contribution in [0.15, 0.2) is 48.5 Å². The summed E-state index contributed by atoms with van der Waals surface area (Å²) in [4.78, 5) is 15.1. The van der Waals surface area contributed by atoms with Crippen LogP contribution in [0.5, 0.6) is 5.88 Å². The Morgan fingerprint density at radius 2 is 1.88 bits per heavy atom. The van der Waals surface area contributed by atoms with Gasteiger partial charge in [-0.05, 0) is 24.6 Å². The van der Waals surface area contributed by atoms with Gasteiger partial charge in [-0.3, -0.25) is 0 Å². The minimum Gasteiger partial charge on any atom is -0.465 e. The van der Waals surface area contributed by atoms with E-state index in [1.807, 2.05) is 55.5 Å². The van der Waals surface area contributed by atoms with Crippen molar-refractivity contribution in [1.82, 2.24) is 4.98 Å². The van der Waals surface area contributed by atoms with E-state index in [4.69, 9.17) is 9.47 Å². The average molecular weight is 319 g/mol. The van der Waals surface area contributed by atoms with Crippen LogP contribution in [0.25, 0.3) is 10.9 Å². The maximum Gasteiger partial charge on any atom is 0.344 e. The van der Waals surface area contributed by atoms with E-state index >= 15 is 0 Å². The van der Waals surface area contributed by atoms with Gasteiger partial charge in [-0.1, -0.05) is 48.2 Å². The molecule has 0 unspecified atom stereocenters. The molecule has 1 heterocycles. The van der Waals surface area contributed by atoms with Crippen LogP contribution in [-0.2, 0) is 4.74 Å². The monoisotopic (exact) mass is 319 g/mol. The predicted molar refractivity (Wildman–Crippen MR) is 93.2 cm³/mol. The van der Waals surface area contributed by atoms with Crippen LogP contribution < -0.4 is 4.74 Å². The zero-order chi connectivity index (χ0) is 16.9. The fourth-order valence-electron chi connectivity index (χ4n) is 2.48. The van der Waals surface area contributed by atoms with E-state index in [0.717, 1.165) is 22.0 Å². The fraction of sp³-hybridized carbons (Fsp3) is 0.150. The van der Waals surface area contributed by atoms with Crippen LogP contribution in [0.3, 0.4) is 0 Å². The molecule has 0 aliphatic rings. The first-order valence-corrected chi connectivity index (χ1v) is 7.57. The Labute approximate surface area is 140 Å². The van der Waals surface area contributed by atoms with Crippen molar-refractivity contribution in [3.05, 3.63) is 65.2 Å². The Morgan fingerprint density at radius 1 is 1.12 bits per heavy atom. The Balaban J connectivity index is 1.83. The molecule has 2 aromatic carbocycles. The molecule has 120 valence electrons. The number of fused-ring (bicyclic) bond motifs is 1.